The molecule has 9 heteroatoms. The highest BCUT2D eigenvalue weighted by Gasteiger charge is 2.18. The first-order valence-corrected chi connectivity index (χ1v) is 10.4. The van der Waals surface area contributed by atoms with Crippen LogP contribution in [0.15, 0.2) is 66.9 Å². The standard InChI is InChI=1S/C23H18ClFN6O/c24-16-9-8-15(18(25)13-16)14-31-19-6-2-1-5-17(19)22(29-31)23(32)26-11-10-21-28-27-20-7-3-4-12-30(20)21/h1-9,12-13H,10-11,14H2,(H,26,32). The second kappa shape index (κ2) is 8.39. The maximum Gasteiger partial charge on any atom is 0.272 e. The largest absolute Gasteiger partial charge is 0.350 e. The van der Waals surface area contributed by atoms with Gasteiger partial charge in [0.15, 0.2) is 11.3 Å². The van der Waals surface area contributed by atoms with E-state index in [9.17, 15) is 9.18 Å². The first-order chi connectivity index (χ1) is 15.6. The van der Waals surface area contributed by atoms with E-state index in [4.69, 9.17) is 11.6 Å². The van der Waals surface area contributed by atoms with Crippen LogP contribution in [-0.4, -0.2) is 36.8 Å². The number of nitrogens with one attached hydrogen (secondary N) is 1. The lowest BCUT2D eigenvalue weighted by atomic mass is 10.2. The van der Waals surface area contributed by atoms with Gasteiger partial charge < -0.3 is 5.32 Å². The van der Waals surface area contributed by atoms with Crippen molar-refractivity contribution in [1.29, 1.82) is 0 Å². The average Bonchev–Trinajstić information content (AvgIpc) is 3.38. The van der Waals surface area contributed by atoms with E-state index in [-0.39, 0.29) is 12.5 Å². The summed E-state index contributed by atoms with van der Waals surface area (Å²) >= 11 is 5.85. The van der Waals surface area contributed by atoms with E-state index in [2.05, 4.69) is 20.6 Å². The van der Waals surface area contributed by atoms with Crippen molar-refractivity contribution >= 4 is 34.1 Å². The number of carbonyl (C=O) groups is 1. The monoisotopic (exact) mass is 448 g/mol. The first-order valence-electron chi connectivity index (χ1n) is 10.1. The van der Waals surface area contributed by atoms with Gasteiger partial charge in [-0.3, -0.25) is 13.9 Å². The van der Waals surface area contributed by atoms with Crippen molar-refractivity contribution in [3.05, 3.63) is 94.8 Å². The molecule has 32 heavy (non-hydrogen) atoms. The van der Waals surface area contributed by atoms with Crippen LogP contribution in [0.5, 0.6) is 0 Å². The number of amides is 1. The number of halogens is 2. The summed E-state index contributed by atoms with van der Waals surface area (Å²) in [5, 5.41) is 16.7. The number of carbonyl (C=O) groups excluding carboxylic acids is 1. The lowest BCUT2D eigenvalue weighted by molar-refractivity contribution is 0.0949. The molecule has 0 bridgehead atoms. The zero-order chi connectivity index (χ0) is 22.1. The minimum atomic E-state index is -0.413. The maximum atomic E-state index is 14.3. The highest BCUT2D eigenvalue weighted by atomic mass is 35.5. The molecule has 3 aromatic heterocycles. The van der Waals surface area contributed by atoms with Crippen LogP contribution in [0.3, 0.4) is 0 Å². The molecule has 1 amide bonds. The Balaban J connectivity index is 1.36. The summed E-state index contributed by atoms with van der Waals surface area (Å²) in [4.78, 5) is 12.9. The average molecular weight is 449 g/mol. The minimum absolute atomic E-state index is 0.183. The topological polar surface area (TPSA) is 77.1 Å². The third-order valence-corrected chi connectivity index (χ3v) is 5.46. The molecule has 5 rings (SSSR count). The fraction of sp³-hybridized carbons (Fsp3) is 0.130. The van der Waals surface area contributed by atoms with E-state index < -0.39 is 5.82 Å². The number of nitrogens with zero attached hydrogens (tertiary/aromatic N) is 5. The number of aromatic nitrogens is 5. The zero-order valence-electron chi connectivity index (χ0n) is 16.9. The van der Waals surface area contributed by atoms with Gasteiger partial charge >= 0.3 is 0 Å². The minimum Gasteiger partial charge on any atom is -0.350 e. The van der Waals surface area contributed by atoms with Crippen molar-refractivity contribution in [2.75, 3.05) is 6.54 Å². The predicted octanol–water partition coefficient (Wildman–Crippen LogP) is 3.89. The zero-order valence-corrected chi connectivity index (χ0v) is 17.6. The summed E-state index contributed by atoms with van der Waals surface area (Å²) in [5.41, 5.74) is 2.23. The second-order valence-electron chi connectivity index (χ2n) is 7.31. The van der Waals surface area contributed by atoms with E-state index >= 15 is 0 Å². The number of para-hydroxylation sites is 1. The Labute approximate surface area is 187 Å². The molecule has 2 aromatic carbocycles. The van der Waals surface area contributed by atoms with Gasteiger partial charge in [0.05, 0.1) is 12.1 Å². The molecule has 0 radical (unpaired) electrons. The van der Waals surface area contributed by atoms with Gasteiger partial charge in [0, 0.05) is 35.1 Å². The molecule has 7 nitrogen and oxygen atoms in total. The Morgan fingerprint density at radius 2 is 1.91 bits per heavy atom. The predicted molar refractivity (Wildman–Crippen MR) is 119 cm³/mol. The van der Waals surface area contributed by atoms with E-state index in [1.807, 2.05) is 53.1 Å². The van der Waals surface area contributed by atoms with E-state index in [0.717, 1.165) is 17.0 Å². The van der Waals surface area contributed by atoms with Crippen molar-refractivity contribution in [2.24, 2.45) is 0 Å². The van der Waals surface area contributed by atoms with Crippen molar-refractivity contribution in [3.63, 3.8) is 0 Å². The maximum absolute atomic E-state index is 14.3. The molecule has 0 fully saturated rings. The molecule has 0 atom stereocenters. The number of benzene rings is 2. The lowest BCUT2D eigenvalue weighted by Crippen LogP contribution is -2.27. The molecular weight excluding hydrogens is 431 g/mol. The summed E-state index contributed by atoms with van der Waals surface area (Å²) < 4.78 is 17.8. The molecule has 0 saturated carbocycles. The molecule has 5 aromatic rings. The Kier molecular flexibility index (Phi) is 5.28. The van der Waals surface area contributed by atoms with Gasteiger partial charge in [-0.05, 0) is 30.3 Å². The number of hydrogen-bond donors (Lipinski definition) is 1. The molecular formula is C23H18ClFN6O. The van der Waals surface area contributed by atoms with Crippen LogP contribution in [0.4, 0.5) is 4.39 Å². The molecule has 160 valence electrons. The van der Waals surface area contributed by atoms with Crippen molar-refractivity contribution in [3.8, 4) is 0 Å². The van der Waals surface area contributed by atoms with Crippen LogP contribution in [0.25, 0.3) is 16.6 Å². The molecule has 3 heterocycles. The van der Waals surface area contributed by atoms with Crippen molar-refractivity contribution < 1.29 is 9.18 Å². The van der Waals surface area contributed by atoms with Crippen LogP contribution >= 0.6 is 11.6 Å². The van der Waals surface area contributed by atoms with Crippen molar-refractivity contribution in [2.45, 2.75) is 13.0 Å². The van der Waals surface area contributed by atoms with E-state index in [1.165, 1.54) is 6.07 Å². The smallest absolute Gasteiger partial charge is 0.272 e. The summed E-state index contributed by atoms with van der Waals surface area (Å²) in [6.07, 6.45) is 2.41. The molecule has 0 aliphatic heterocycles. The Bertz CT molecular complexity index is 1440. The Morgan fingerprint density at radius 3 is 2.78 bits per heavy atom. The molecule has 0 spiro atoms. The van der Waals surface area contributed by atoms with Gasteiger partial charge in [0.1, 0.15) is 11.6 Å². The SMILES string of the molecule is O=C(NCCc1nnc2ccccn12)c1nn(Cc2ccc(Cl)cc2F)c2ccccc12. The summed E-state index contributed by atoms with van der Waals surface area (Å²) in [7, 11) is 0. The first kappa shape index (κ1) is 20.1. The third kappa shape index (κ3) is 3.80. The van der Waals surface area contributed by atoms with E-state index in [1.54, 1.807) is 16.8 Å². The van der Waals surface area contributed by atoms with Gasteiger partial charge in [0.2, 0.25) is 0 Å². The number of hydrogen-bond acceptors (Lipinski definition) is 4. The summed E-state index contributed by atoms with van der Waals surface area (Å²) in [6.45, 7) is 0.560. The molecule has 0 unspecified atom stereocenters. The normalized spacial score (nSPS) is 11.3. The highest BCUT2D eigenvalue weighted by Crippen LogP contribution is 2.21. The lowest BCUT2D eigenvalue weighted by Gasteiger charge is -2.05. The van der Waals surface area contributed by atoms with Gasteiger partial charge in [-0.1, -0.05) is 41.9 Å². The van der Waals surface area contributed by atoms with Crippen LogP contribution in [0, 0.1) is 5.82 Å². The van der Waals surface area contributed by atoms with Gasteiger partial charge in [-0.25, -0.2) is 4.39 Å². The summed E-state index contributed by atoms with van der Waals surface area (Å²) in [5.74, 6) is 0.0449. The Hall–Kier alpha value is -3.78. The molecule has 0 aliphatic carbocycles. The highest BCUT2D eigenvalue weighted by molar-refractivity contribution is 6.30. The van der Waals surface area contributed by atoms with Crippen LogP contribution in [-0.2, 0) is 13.0 Å². The van der Waals surface area contributed by atoms with E-state index in [0.29, 0.717) is 34.6 Å². The Morgan fingerprint density at radius 1 is 1.06 bits per heavy atom. The van der Waals surface area contributed by atoms with Crippen LogP contribution in [0.2, 0.25) is 5.02 Å². The summed E-state index contributed by atoms with van der Waals surface area (Å²) in [6, 6.07) is 17.6. The molecule has 0 saturated heterocycles. The van der Waals surface area contributed by atoms with Gasteiger partial charge in [0.25, 0.3) is 5.91 Å². The number of fused-ring (bicyclic) bond motifs is 2. The quantitative estimate of drug-likeness (QED) is 0.427. The van der Waals surface area contributed by atoms with Gasteiger partial charge in [-0.15, -0.1) is 10.2 Å². The third-order valence-electron chi connectivity index (χ3n) is 5.23. The molecule has 0 aliphatic rings. The fourth-order valence-corrected chi connectivity index (χ4v) is 3.82. The van der Waals surface area contributed by atoms with Crippen LogP contribution in [0.1, 0.15) is 21.9 Å². The second-order valence-corrected chi connectivity index (χ2v) is 7.75. The molecule has 1 N–H and O–H groups in total. The van der Waals surface area contributed by atoms with Crippen molar-refractivity contribution in [1.82, 2.24) is 29.7 Å². The van der Waals surface area contributed by atoms with Gasteiger partial charge in [-0.2, -0.15) is 5.10 Å². The van der Waals surface area contributed by atoms with Crippen LogP contribution < -0.4 is 5.32 Å². The number of pyridine rings is 1. The fourth-order valence-electron chi connectivity index (χ4n) is 3.66. The number of rotatable bonds is 6.